The van der Waals surface area contributed by atoms with Gasteiger partial charge in [-0.15, -0.1) is 0 Å². The summed E-state index contributed by atoms with van der Waals surface area (Å²) >= 11 is 1.30. The second-order valence-corrected chi connectivity index (χ2v) is 6.42. The van der Waals surface area contributed by atoms with Gasteiger partial charge in [0.25, 0.3) is 0 Å². The summed E-state index contributed by atoms with van der Waals surface area (Å²) in [7, 11) is 0. The molecule has 20 heavy (non-hydrogen) atoms. The first kappa shape index (κ1) is 13.4. The van der Waals surface area contributed by atoms with E-state index in [-0.39, 0.29) is 10.7 Å². The van der Waals surface area contributed by atoms with Crippen LogP contribution in [0.15, 0.2) is 39.5 Å². The Bertz CT molecular complexity index is 683. The molecule has 104 valence electrons. The molecule has 0 N–H and O–H groups in total. The van der Waals surface area contributed by atoms with Crippen molar-refractivity contribution in [2.45, 2.75) is 37.4 Å². The van der Waals surface area contributed by atoms with Gasteiger partial charge in [0.05, 0.1) is 0 Å². The third kappa shape index (κ3) is 2.80. The Balaban J connectivity index is 1.87. The number of benzene rings is 1. The van der Waals surface area contributed by atoms with Crippen LogP contribution in [0.25, 0.3) is 11.0 Å². The fraction of sp³-hybridized carbons (Fsp3) is 0.375. The highest BCUT2D eigenvalue weighted by Gasteiger charge is 2.21. The summed E-state index contributed by atoms with van der Waals surface area (Å²) < 4.78 is 5.21. The average molecular weight is 288 g/mol. The topological polar surface area (TPSA) is 47.3 Å². The summed E-state index contributed by atoms with van der Waals surface area (Å²) in [5, 5.41) is 0.984. The number of thioether (sulfide) groups is 1. The minimum Gasteiger partial charge on any atom is -0.422 e. The number of para-hydroxylation sites is 1. The van der Waals surface area contributed by atoms with Gasteiger partial charge in [-0.1, -0.05) is 49.2 Å². The molecule has 1 aliphatic rings. The highest BCUT2D eigenvalue weighted by molar-refractivity contribution is 8.14. The van der Waals surface area contributed by atoms with Gasteiger partial charge in [-0.05, 0) is 25.0 Å². The maximum Gasteiger partial charge on any atom is 0.348 e. The van der Waals surface area contributed by atoms with Crippen molar-refractivity contribution in [3.63, 3.8) is 0 Å². The zero-order valence-electron chi connectivity index (χ0n) is 11.1. The smallest absolute Gasteiger partial charge is 0.348 e. The number of hydrogen-bond acceptors (Lipinski definition) is 4. The monoisotopic (exact) mass is 288 g/mol. The van der Waals surface area contributed by atoms with Crippen LogP contribution in [0.2, 0.25) is 0 Å². The minimum absolute atomic E-state index is 0.156. The van der Waals surface area contributed by atoms with Crippen molar-refractivity contribution in [2.75, 3.05) is 0 Å². The van der Waals surface area contributed by atoms with Crippen LogP contribution in [0.3, 0.4) is 0 Å². The van der Waals surface area contributed by atoms with E-state index in [1.54, 1.807) is 12.1 Å². The molecule has 0 unspecified atom stereocenters. The molecule has 3 rings (SSSR count). The van der Waals surface area contributed by atoms with E-state index in [9.17, 15) is 9.59 Å². The van der Waals surface area contributed by atoms with Crippen molar-refractivity contribution < 1.29 is 9.21 Å². The number of fused-ring (bicyclic) bond motifs is 1. The van der Waals surface area contributed by atoms with Gasteiger partial charge in [-0.3, -0.25) is 4.79 Å². The molecule has 1 saturated carbocycles. The van der Waals surface area contributed by atoms with Crippen LogP contribution in [0.1, 0.15) is 42.5 Å². The molecule has 1 heterocycles. The number of carbonyl (C=O) groups is 1. The molecule has 0 amide bonds. The standard InChI is InChI=1S/C16H16O3S/c17-15-13(10-11-6-4-5-9-14(11)19-15)16(18)20-12-7-2-1-3-8-12/h4-6,9-10,12H,1-3,7-8H2. The zero-order chi connectivity index (χ0) is 13.9. The van der Waals surface area contributed by atoms with Crippen LogP contribution in [0.4, 0.5) is 0 Å². The average Bonchev–Trinajstić information content (AvgIpc) is 2.47. The largest absolute Gasteiger partial charge is 0.422 e. The van der Waals surface area contributed by atoms with Crippen molar-refractivity contribution >= 4 is 27.8 Å². The summed E-state index contributed by atoms with van der Waals surface area (Å²) in [6, 6.07) is 8.91. The Labute approximate surface area is 121 Å². The van der Waals surface area contributed by atoms with Gasteiger partial charge in [0.2, 0.25) is 5.12 Å². The van der Waals surface area contributed by atoms with Gasteiger partial charge in [-0.2, -0.15) is 0 Å². The fourth-order valence-corrected chi connectivity index (χ4v) is 3.74. The molecule has 0 saturated heterocycles. The van der Waals surface area contributed by atoms with Crippen LogP contribution in [0, 0.1) is 0 Å². The Hall–Kier alpha value is -1.55. The lowest BCUT2D eigenvalue weighted by Crippen LogP contribution is -2.16. The summed E-state index contributed by atoms with van der Waals surface area (Å²) in [6.45, 7) is 0. The lowest BCUT2D eigenvalue weighted by atomic mass is 10.0. The molecule has 0 aliphatic heterocycles. The highest BCUT2D eigenvalue weighted by Crippen LogP contribution is 2.30. The molecule has 4 heteroatoms. The Morgan fingerprint density at radius 2 is 1.90 bits per heavy atom. The van der Waals surface area contributed by atoms with Crippen molar-refractivity contribution in [1.29, 1.82) is 0 Å². The molecule has 1 aliphatic carbocycles. The van der Waals surface area contributed by atoms with E-state index in [0.29, 0.717) is 10.8 Å². The van der Waals surface area contributed by atoms with Gasteiger partial charge < -0.3 is 4.42 Å². The highest BCUT2D eigenvalue weighted by atomic mass is 32.2. The normalized spacial score (nSPS) is 16.4. The van der Waals surface area contributed by atoms with Crippen molar-refractivity contribution in [3.05, 3.63) is 46.3 Å². The number of carbonyl (C=O) groups excluding carboxylic acids is 1. The summed E-state index contributed by atoms with van der Waals surface area (Å²) in [5.41, 5.74) is 0.160. The van der Waals surface area contributed by atoms with E-state index < -0.39 is 5.63 Å². The molecular formula is C16H16O3S. The molecular weight excluding hydrogens is 272 g/mol. The van der Waals surface area contributed by atoms with Crippen LogP contribution in [-0.4, -0.2) is 10.4 Å². The lowest BCUT2D eigenvalue weighted by molar-refractivity contribution is 0.108. The first-order chi connectivity index (χ1) is 9.74. The van der Waals surface area contributed by atoms with Crippen molar-refractivity contribution in [1.82, 2.24) is 0 Å². The molecule has 1 aromatic carbocycles. The molecule has 0 bridgehead atoms. The molecule has 2 aromatic rings. The first-order valence-electron chi connectivity index (χ1n) is 6.98. The van der Waals surface area contributed by atoms with Gasteiger partial charge in [0.15, 0.2) is 0 Å². The quantitative estimate of drug-likeness (QED) is 0.784. The van der Waals surface area contributed by atoms with E-state index >= 15 is 0 Å². The maximum absolute atomic E-state index is 12.3. The predicted octanol–water partition coefficient (Wildman–Crippen LogP) is 4.00. The SMILES string of the molecule is O=C(SC1CCCCC1)c1cc2ccccc2oc1=O. The summed E-state index contributed by atoms with van der Waals surface area (Å²) in [5.74, 6) is 0. The van der Waals surface area contributed by atoms with Crippen molar-refractivity contribution in [2.24, 2.45) is 0 Å². The zero-order valence-corrected chi connectivity index (χ0v) is 11.9. The Kier molecular flexibility index (Phi) is 3.92. The number of rotatable bonds is 2. The van der Waals surface area contributed by atoms with Crippen LogP contribution >= 0.6 is 11.8 Å². The predicted molar refractivity (Wildman–Crippen MR) is 81.3 cm³/mol. The Morgan fingerprint density at radius 3 is 2.70 bits per heavy atom. The van der Waals surface area contributed by atoms with E-state index in [1.807, 2.05) is 18.2 Å². The molecule has 3 nitrogen and oxygen atoms in total. The summed E-state index contributed by atoms with van der Waals surface area (Å²) in [6.07, 6.45) is 5.74. The molecule has 1 fully saturated rings. The van der Waals surface area contributed by atoms with Crippen LogP contribution in [0.5, 0.6) is 0 Å². The third-order valence-electron chi connectivity index (χ3n) is 3.69. The molecule has 0 radical (unpaired) electrons. The van der Waals surface area contributed by atoms with E-state index in [0.717, 1.165) is 18.2 Å². The lowest BCUT2D eigenvalue weighted by Gasteiger charge is -2.19. The second-order valence-electron chi connectivity index (χ2n) is 5.15. The third-order valence-corrected chi connectivity index (χ3v) is 4.93. The van der Waals surface area contributed by atoms with E-state index in [4.69, 9.17) is 4.42 Å². The van der Waals surface area contributed by atoms with Gasteiger partial charge >= 0.3 is 5.63 Å². The van der Waals surface area contributed by atoms with E-state index in [2.05, 4.69) is 0 Å². The van der Waals surface area contributed by atoms with Crippen molar-refractivity contribution in [3.8, 4) is 0 Å². The van der Waals surface area contributed by atoms with Gasteiger partial charge in [0.1, 0.15) is 11.1 Å². The summed E-state index contributed by atoms with van der Waals surface area (Å²) in [4.78, 5) is 24.2. The minimum atomic E-state index is -0.531. The van der Waals surface area contributed by atoms with Crippen LogP contribution < -0.4 is 5.63 Å². The van der Waals surface area contributed by atoms with Crippen LogP contribution in [-0.2, 0) is 0 Å². The number of hydrogen-bond donors (Lipinski definition) is 0. The van der Waals surface area contributed by atoms with Gasteiger partial charge in [-0.25, -0.2) is 4.79 Å². The first-order valence-corrected chi connectivity index (χ1v) is 7.86. The van der Waals surface area contributed by atoms with E-state index in [1.165, 1.54) is 31.0 Å². The second kappa shape index (κ2) is 5.83. The molecule has 0 atom stereocenters. The molecule has 0 spiro atoms. The van der Waals surface area contributed by atoms with Gasteiger partial charge in [0, 0.05) is 10.6 Å². The molecule has 1 aromatic heterocycles. The Morgan fingerprint density at radius 1 is 1.15 bits per heavy atom. The fourth-order valence-electron chi connectivity index (χ4n) is 2.60. The maximum atomic E-state index is 12.3.